The predicted molar refractivity (Wildman–Crippen MR) is 93.0 cm³/mol. The number of aryl methyl sites for hydroxylation is 1. The number of rotatable bonds is 5. The number of alkyl halides is 8. The molecule has 33 heavy (non-hydrogen) atoms. The van der Waals surface area contributed by atoms with Gasteiger partial charge in [0.05, 0.1) is 5.56 Å². The minimum absolute atomic E-state index is 0.0720. The van der Waals surface area contributed by atoms with Gasteiger partial charge in [-0.1, -0.05) is 0 Å². The Morgan fingerprint density at radius 3 is 2.15 bits per heavy atom. The van der Waals surface area contributed by atoms with Gasteiger partial charge in [-0.3, -0.25) is 14.3 Å². The first kappa shape index (κ1) is 24.4. The first-order valence-electron chi connectivity index (χ1n) is 9.05. The molecule has 3 rings (SSSR count). The summed E-state index contributed by atoms with van der Waals surface area (Å²) >= 11 is 0. The Morgan fingerprint density at radius 2 is 1.64 bits per heavy atom. The molecule has 0 bridgehead atoms. The molecule has 6 nitrogen and oxygen atoms in total. The number of benzene rings is 1. The molecule has 0 spiro atoms. The highest BCUT2D eigenvalue weighted by Gasteiger charge is 2.64. The van der Waals surface area contributed by atoms with E-state index in [9.17, 15) is 49.1 Å². The largest absolute Gasteiger partial charge is 0.459 e. The third-order valence-electron chi connectivity index (χ3n) is 4.58. The second kappa shape index (κ2) is 7.95. The van der Waals surface area contributed by atoms with Crippen molar-refractivity contribution in [1.82, 2.24) is 15.1 Å². The van der Waals surface area contributed by atoms with Gasteiger partial charge in [0.2, 0.25) is 0 Å². The topological polar surface area (TPSA) is 76.0 Å². The summed E-state index contributed by atoms with van der Waals surface area (Å²) < 4.78 is 120. The number of aromatic nitrogens is 2. The van der Waals surface area contributed by atoms with Crippen molar-refractivity contribution in [3.63, 3.8) is 0 Å². The number of carbonyl (C=O) groups excluding carboxylic acids is 2. The van der Waals surface area contributed by atoms with Gasteiger partial charge in [-0.2, -0.15) is 40.2 Å². The van der Waals surface area contributed by atoms with Crippen LogP contribution in [0.3, 0.4) is 0 Å². The molecular formula is C18H13F9N4O2. The standard InChI is InChI=1S/C18H13F9N4O2/c1-31-12(11(17(22,23)24)13(30-31)16(20,21)18(25,26)27)15(33)29-8-4-5-10(19)9(6-8)14(32)28-7-2-3-7/h4-7H,2-3H2,1H3,(H,28,32)(H,29,33). The van der Waals surface area contributed by atoms with Gasteiger partial charge in [-0.15, -0.1) is 0 Å². The maximum Gasteiger partial charge on any atom is 0.459 e. The van der Waals surface area contributed by atoms with Crippen LogP contribution in [0.5, 0.6) is 0 Å². The van der Waals surface area contributed by atoms with E-state index in [1.807, 2.05) is 5.32 Å². The fourth-order valence-corrected chi connectivity index (χ4v) is 2.87. The fraction of sp³-hybridized carbons (Fsp3) is 0.389. The number of anilines is 1. The van der Waals surface area contributed by atoms with Crippen LogP contribution in [0.15, 0.2) is 18.2 Å². The van der Waals surface area contributed by atoms with Crippen LogP contribution in [-0.4, -0.2) is 33.8 Å². The summed E-state index contributed by atoms with van der Waals surface area (Å²) in [6, 6.07) is 2.18. The third-order valence-corrected chi connectivity index (χ3v) is 4.58. The van der Waals surface area contributed by atoms with Gasteiger partial charge in [0, 0.05) is 18.8 Å². The lowest BCUT2D eigenvalue weighted by molar-refractivity contribution is -0.292. The summed E-state index contributed by atoms with van der Waals surface area (Å²) in [5, 5.41) is 6.90. The SMILES string of the molecule is Cn1nc(C(F)(F)C(F)(F)F)c(C(F)(F)F)c1C(=O)Nc1ccc(F)c(C(=O)NC2CC2)c1. The van der Waals surface area contributed by atoms with Crippen LogP contribution in [0.2, 0.25) is 0 Å². The van der Waals surface area contributed by atoms with Crippen molar-refractivity contribution in [3.05, 3.63) is 46.5 Å². The number of nitrogens with zero attached hydrogens (tertiary/aromatic N) is 2. The lowest BCUT2D eigenvalue weighted by atomic mass is 10.1. The zero-order valence-electron chi connectivity index (χ0n) is 16.3. The molecule has 1 aromatic heterocycles. The van der Waals surface area contributed by atoms with E-state index in [2.05, 4.69) is 10.4 Å². The Hall–Kier alpha value is -3.26. The minimum atomic E-state index is -6.42. The highest BCUT2D eigenvalue weighted by Crippen LogP contribution is 2.48. The van der Waals surface area contributed by atoms with Gasteiger partial charge in [-0.25, -0.2) is 4.39 Å². The third kappa shape index (κ3) is 4.75. The second-order valence-corrected chi connectivity index (χ2v) is 7.16. The molecule has 1 aliphatic rings. The highest BCUT2D eigenvalue weighted by atomic mass is 19.4. The van der Waals surface area contributed by atoms with Crippen LogP contribution in [-0.2, 0) is 19.1 Å². The molecule has 0 aliphatic heterocycles. The normalized spacial score (nSPS) is 14.8. The van der Waals surface area contributed by atoms with Gasteiger partial charge in [0.1, 0.15) is 17.1 Å². The van der Waals surface area contributed by atoms with Crippen molar-refractivity contribution in [2.75, 3.05) is 5.32 Å². The summed E-state index contributed by atoms with van der Waals surface area (Å²) in [5.74, 6) is -9.66. The fourth-order valence-electron chi connectivity index (χ4n) is 2.87. The van der Waals surface area contributed by atoms with Crippen molar-refractivity contribution in [1.29, 1.82) is 0 Å². The Bertz CT molecular complexity index is 1100. The minimum Gasteiger partial charge on any atom is -0.349 e. The van der Waals surface area contributed by atoms with Crippen molar-refractivity contribution < 1.29 is 49.1 Å². The van der Waals surface area contributed by atoms with E-state index in [1.54, 1.807) is 0 Å². The Balaban J connectivity index is 2.00. The molecule has 1 fully saturated rings. The van der Waals surface area contributed by atoms with Gasteiger partial charge in [0.25, 0.3) is 11.8 Å². The van der Waals surface area contributed by atoms with Gasteiger partial charge >= 0.3 is 18.3 Å². The average molecular weight is 488 g/mol. The molecule has 1 saturated carbocycles. The van der Waals surface area contributed by atoms with E-state index in [0.29, 0.717) is 26.0 Å². The molecule has 2 amide bonds. The van der Waals surface area contributed by atoms with Crippen molar-refractivity contribution in [3.8, 4) is 0 Å². The number of carbonyl (C=O) groups is 2. The maximum absolute atomic E-state index is 14.0. The van der Waals surface area contributed by atoms with E-state index in [-0.39, 0.29) is 10.7 Å². The maximum atomic E-state index is 14.0. The molecule has 0 atom stereocenters. The molecule has 0 unspecified atom stereocenters. The molecule has 0 radical (unpaired) electrons. The molecule has 2 aromatic rings. The quantitative estimate of drug-likeness (QED) is 0.614. The molecule has 0 saturated heterocycles. The number of hydrogen-bond acceptors (Lipinski definition) is 3. The molecule has 1 heterocycles. The monoisotopic (exact) mass is 488 g/mol. The van der Waals surface area contributed by atoms with Crippen LogP contribution >= 0.6 is 0 Å². The number of hydrogen-bond donors (Lipinski definition) is 2. The van der Waals surface area contributed by atoms with Crippen LogP contribution < -0.4 is 10.6 Å². The lowest BCUT2D eigenvalue weighted by Crippen LogP contribution is -2.36. The molecule has 2 N–H and O–H groups in total. The van der Waals surface area contributed by atoms with Crippen LogP contribution in [0.25, 0.3) is 0 Å². The van der Waals surface area contributed by atoms with Crippen LogP contribution in [0, 0.1) is 5.82 Å². The first-order valence-corrected chi connectivity index (χ1v) is 9.05. The second-order valence-electron chi connectivity index (χ2n) is 7.16. The van der Waals surface area contributed by atoms with Gasteiger partial charge in [0.15, 0.2) is 5.69 Å². The van der Waals surface area contributed by atoms with E-state index >= 15 is 0 Å². The molecule has 180 valence electrons. The molecule has 15 heteroatoms. The lowest BCUT2D eigenvalue weighted by Gasteiger charge is -2.19. The smallest absolute Gasteiger partial charge is 0.349 e. The van der Waals surface area contributed by atoms with Crippen LogP contribution in [0.4, 0.5) is 45.2 Å². The van der Waals surface area contributed by atoms with Crippen LogP contribution in [0.1, 0.15) is 44.9 Å². The summed E-state index contributed by atoms with van der Waals surface area (Å²) in [7, 11) is 0.569. The van der Waals surface area contributed by atoms with E-state index in [4.69, 9.17) is 0 Å². The molecule has 1 aliphatic carbocycles. The number of halogens is 9. The summed E-state index contributed by atoms with van der Waals surface area (Å²) in [5.41, 5.74) is -7.90. The Labute approximate surface area is 178 Å². The number of nitrogens with one attached hydrogen (secondary N) is 2. The zero-order valence-corrected chi connectivity index (χ0v) is 16.3. The molecule has 1 aromatic carbocycles. The van der Waals surface area contributed by atoms with E-state index < -0.39 is 64.1 Å². The predicted octanol–water partition coefficient (Wildman–Crippen LogP) is 4.38. The van der Waals surface area contributed by atoms with E-state index in [0.717, 1.165) is 12.1 Å². The average Bonchev–Trinajstić information content (AvgIpc) is 3.39. The highest BCUT2D eigenvalue weighted by molar-refractivity contribution is 6.05. The van der Waals surface area contributed by atoms with Crippen molar-refractivity contribution >= 4 is 17.5 Å². The Morgan fingerprint density at radius 1 is 1.03 bits per heavy atom. The zero-order chi connectivity index (χ0) is 24.9. The summed E-state index contributed by atoms with van der Waals surface area (Å²) in [4.78, 5) is 24.5. The van der Waals surface area contributed by atoms with Gasteiger partial charge in [-0.05, 0) is 31.0 Å². The molecular weight excluding hydrogens is 475 g/mol. The first-order chi connectivity index (χ1) is 15.0. The summed E-state index contributed by atoms with van der Waals surface area (Å²) in [6.07, 6.45) is -10.9. The Kier molecular flexibility index (Phi) is 5.87. The van der Waals surface area contributed by atoms with E-state index in [1.165, 1.54) is 0 Å². The summed E-state index contributed by atoms with van der Waals surface area (Å²) in [6.45, 7) is 0. The van der Waals surface area contributed by atoms with Gasteiger partial charge < -0.3 is 10.6 Å². The van der Waals surface area contributed by atoms with Crippen molar-refractivity contribution in [2.24, 2.45) is 7.05 Å². The van der Waals surface area contributed by atoms with Crippen molar-refractivity contribution in [2.45, 2.75) is 37.2 Å². The number of amides is 2.